The maximum atomic E-state index is 13.1. The third kappa shape index (κ3) is 2.19. The molecule has 0 aliphatic heterocycles. The highest BCUT2D eigenvalue weighted by Gasteiger charge is 2.23. The summed E-state index contributed by atoms with van der Waals surface area (Å²) in [5.74, 6) is -5.92. The lowest BCUT2D eigenvalue weighted by molar-refractivity contribution is -0.107. The van der Waals surface area contributed by atoms with Crippen LogP contribution < -0.4 is 0 Å². The summed E-state index contributed by atoms with van der Waals surface area (Å²) in [6, 6.07) is 0. The summed E-state index contributed by atoms with van der Waals surface area (Å²) in [7, 11) is 0. The van der Waals surface area contributed by atoms with Crippen LogP contribution >= 0.6 is 15.9 Å². The summed E-state index contributed by atoms with van der Waals surface area (Å²) < 4.78 is 51.2. The van der Waals surface area contributed by atoms with Gasteiger partial charge in [-0.3, -0.25) is 0 Å². The zero-order valence-electron chi connectivity index (χ0n) is 7.29. The summed E-state index contributed by atoms with van der Waals surface area (Å²) in [4.78, 5) is 10.00. The predicted octanol–water partition coefficient (Wildman–Crippen LogP) is 3.14. The minimum Gasteiger partial charge on any atom is -0.303 e. The van der Waals surface area contributed by atoms with Gasteiger partial charge in [0.15, 0.2) is 23.3 Å². The fourth-order valence-corrected chi connectivity index (χ4v) is 1.42. The molecular formula is C9H5BrF4O. The maximum Gasteiger partial charge on any atom is 0.176 e. The van der Waals surface area contributed by atoms with Crippen molar-refractivity contribution in [3.8, 4) is 0 Å². The van der Waals surface area contributed by atoms with E-state index in [-0.39, 0.29) is 12.8 Å². The molecule has 0 saturated heterocycles. The largest absolute Gasteiger partial charge is 0.303 e. The SMILES string of the molecule is O=CCCc1c(F)c(F)c(Br)c(F)c1F. The van der Waals surface area contributed by atoms with E-state index in [0.717, 1.165) is 0 Å². The lowest BCUT2D eigenvalue weighted by Gasteiger charge is -2.07. The number of benzene rings is 1. The lowest BCUT2D eigenvalue weighted by Crippen LogP contribution is -2.04. The van der Waals surface area contributed by atoms with Gasteiger partial charge >= 0.3 is 0 Å². The molecule has 82 valence electrons. The van der Waals surface area contributed by atoms with Gasteiger partial charge in [0, 0.05) is 12.0 Å². The molecule has 0 radical (unpaired) electrons. The van der Waals surface area contributed by atoms with Gasteiger partial charge in [-0.1, -0.05) is 0 Å². The van der Waals surface area contributed by atoms with E-state index in [9.17, 15) is 22.4 Å². The first-order valence-corrected chi connectivity index (χ1v) is 4.74. The molecule has 0 N–H and O–H groups in total. The zero-order valence-corrected chi connectivity index (χ0v) is 8.88. The molecule has 0 unspecified atom stereocenters. The number of halogens is 5. The fourth-order valence-electron chi connectivity index (χ4n) is 1.07. The van der Waals surface area contributed by atoms with E-state index in [1.54, 1.807) is 0 Å². The Bertz CT molecular complexity index is 377. The Morgan fingerprint density at radius 1 is 1.00 bits per heavy atom. The zero-order chi connectivity index (χ0) is 11.6. The molecule has 15 heavy (non-hydrogen) atoms. The molecule has 0 amide bonds. The molecule has 1 rings (SSSR count). The highest BCUT2D eigenvalue weighted by Crippen LogP contribution is 2.28. The Morgan fingerprint density at radius 3 is 1.87 bits per heavy atom. The van der Waals surface area contributed by atoms with E-state index >= 15 is 0 Å². The van der Waals surface area contributed by atoms with Gasteiger partial charge in [-0.05, 0) is 22.4 Å². The minimum absolute atomic E-state index is 0.200. The van der Waals surface area contributed by atoms with Crippen molar-refractivity contribution in [1.82, 2.24) is 0 Å². The lowest BCUT2D eigenvalue weighted by atomic mass is 10.1. The van der Waals surface area contributed by atoms with Gasteiger partial charge in [0.1, 0.15) is 6.29 Å². The van der Waals surface area contributed by atoms with Gasteiger partial charge in [0.2, 0.25) is 0 Å². The monoisotopic (exact) mass is 284 g/mol. The summed E-state index contributed by atoms with van der Waals surface area (Å²) in [5.41, 5.74) is -0.750. The molecule has 1 aromatic rings. The van der Waals surface area contributed by atoms with Gasteiger partial charge in [-0.15, -0.1) is 0 Å². The van der Waals surface area contributed by atoms with Crippen LogP contribution in [0.4, 0.5) is 17.6 Å². The van der Waals surface area contributed by atoms with Crippen LogP contribution in [0.3, 0.4) is 0 Å². The van der Waals surface area contributed by atoms with Gasteiger partial charge in [-0.25, -0.2) is 17.6 Å². The molecule has 0 heterocycles. The van der Waals surface area contributed by atoms with Gasteiger partial charge in [0.05, 0.1) is 4.47 Å². The van der Waals surface area contributed by atoms with Crippen molar-refractivity contribution >= 4 is 22.2 Å². The molecule has 6 heteroatoms. The van der Waals surface area contributed by atoms with Gasteiger partial charge in [-0.2, -0.15) is 0 Å². The molecule has 0 spiro atoms. The summed E-state index contributed by atoms with van der Waals surface area (Å²) >= 11 is 2.38. The Hall–Kier alpha value is -0.910. The van der Waals surface area contributed by atoms with Crippen LogP contribution in [0.15, 0.2) is 4.47 Å². The first-order valence-electron chi connectivity index (χ1n) is 3.94. The predicted molar refractivity (Wildman–Crippen MR) is 48.4 cm³/mol. The Balaban J connectivity index is 3.31. The smallest absolute Gasteiger partial charge is 0.176 e. The third-order valence-corrected chi connectivity index (χ3v) is 2.51. The van der Waals surface area contributed by atoms with Crippen LogP contribution in [0, 0.1) is 23.3 Å². The summed E-state index contributed by atoms with van der Waals surface area (Å²) in [5, 5.41) is 0. The van der Waals surface area contributed by atoms with Crippen molar-refractivity contribution < 1.29 is 22.4 Å². The number of hydrogen-bond donors (Lipinski definition) is 0. The Kier molecular flexibility index (Phi) is 3.84. The number of aldehydes is 1. The molecule has 0 saturated carbocycles. The van der Waals surface area contributed by atoms with E-state index in [1.165, 1.54) is 0 Å². The first-order chi connectivity index (χ1) is 7.00. The van der Waals surface area contributed by atoms with E-state index in [2.05, 4.69) is 15.9 Å². The third-order valence-electron chi connectivity index (χ3n) is 1.81. The standard InChI is InChI=1S/C9H5BrF4O/c10-5-8(13)6(11)4(2-1-3-15)7(12)9(5)14/h3H,1-2H2. The van der Waals surface area contributed by atoms with Crippen molar-refractivity contribution in [2.24, 2.45) is 0 Å². The minimum atomic E-state index is -1.49. The van der Waals surface area contributed by atoms with Crippen molar-refractivity contribution in [2.75, 3.05) is 0 Å². The molecule has 1 nitrogen and oxygen atoms in total. The molecule has 1 aromatic carbocycles. The highest BCUT2D eigenvalue weighted by molar-refractivity contribution is 9.10. The summed E-state index contributed by atoms with van der Waals surface area (Å²) in [6.07, 6.45) is -0.159. The van der Waals surface area contributed by atoms with Crippen molar-refractivity contribution in [3.63, 3.8) is 0 Å². The summed E-state index contributed by atoms with van der Waals surface area (Å²) in [6.45, 7) is 0. The van der Waals surface area contributed by atoms with Gasteiger partial charge < -0.3 is 4.79 Å². The maximum absolute atomic E-state index is 13.1. The van der Waals surface area contributed by atoms with Crippen LogP contribution in [0.1, 0.15) is 12.0 Å². The van der Waals surface area contributed by atoms with E-state index < -0.39 is 33.3 Å². The first kappa shape index (κ1) is 12.2. The Morgan fingerprint density at radius 2 is 1.47 bits per heavy atom. The molecule has 0 fully saturated rings. The molecule has 0 atom stereocenters. The second-order valence-corrected chi connectivity index (χ2v) is 3.55. The number of carbonyl (C=O) groups excluding carboxylic acids is 1. The Labute approximate surface area is 91.2 Å². The molecular weight excluding hydrogens is 280 g/mol. The van der Waals surface area contributed by atoms with Crippen molar-refractivity contribution in [1.29, 1.82) is 0 Å². The van der Waals surface area contributed by atoms with Crippen LogP contribution in [0.2, 0.25) is 0 Å². The molecule has 0 aromatic heterocycles. The quantitative estimate of drug-likeness (QED) is 0.361. The molecule has 0 bridgehead atoms. The topological polar surface area (TPSA) is 17.1 Å². The van der Waals surface area contributed by atoms with Crippen LogP contribution in [-0.2, 0) is 11.2 Å². The van der Waals surface area contributed by atoms with Gasteiger partial charge in [0.25, 0.3) is 0 Å². The number of rotatable bonds is 3. The van der Waals surface area contributed by atoms with Crippen LogP contribution in [0.5, 0.6) is 0 Å². The molecule has 0 aliphatic rings. The second kappa shape index (κ2) is 4.74. The van der Waals surface area contributed by atoms with Crippen LogP contribution in [-0.4, -0.2) is 6.29 Å². The number of carbonyl (C=O) groups is 1. The number of hydrogen-bond acceptors (Lipinski definition) is 1. The highest BCUT2D eigenvalue weighted by atomic mass is 79.9. The van der Waals surface area contributed by atoms with E-state index in [1.807, 2.05) is 0 Å². The van der Waals surface area contributed by atoms with Crippen molar-refractivity contribution in [3.05, 3.63) is 33.3 Å². The molecule has 0 aliphatic carbocycles. The fraction of sp³-hybridized carbons (Fsp3) is 0.222. The normalized spacial score (nSPS) is 10.5. The average Bonchev–Trinajstić information content (AvgIpc) is 2.24. The average molecular weight is 285 g/mol. The van der Waals surface area contributed by atoms with E-state index in [0.29, 0.717) is 6.29 Å². The van der Waals surface area contributed by atoms with Crippen LogP contribution in [0.25, 0.3) is 0 Å². The second-order valence-electron chi connectivity index (χ2n) is 2.75. The van der Waals surface area contributed by atoms with E-state index in [4.69, 9.17) is 0 Å². The van der Waals surface area contributed by atoms with Crippen molar-refractivity contribution in [2.45, 2.75) is 12.8 Å².